The molecular weight excluding hydrogens is 164 g/mol. The molecule has 0 aliphatic carbocycles. The number of hydrogen-bond donors (Lipinski definition) is 2. The summed E-state index contributed by atoms with van der Waals surface area (Å²) in [5.74, 6) is 0. The fourth-order valence-corrected chi connectivity index (χ4v) is 1.80. The van der Waals surface area contributed by atoms with Crippen LogP contribution in [0.3, 0.4) is 0 Å². The van der Waals surface area contributed by atoms with Crippen molar-refractivity contribution in [2.24, 2.45) is 0 Å². The van der Waals surface area contributed by atoms with Crippen molar-refractivity contribution < 1.29 is 5.11 Å². The lowest BCUT2D eigenvalue weighted by Gasteiger charge is -2.20. The van der Waals surface area contributed by atoms with Crippen LogP contribution >= 0.6 is 0 Å². The van der Waals surface area contributed by atoms with Gasteiger partial charge in [0, 0.05) is 12.7 Å². The minimum atomic E-state index is -0.451. The maximum absolute atomic E-state index is 9.50. The number of aliphatic hydroxyl groups excluding tert-OH is 1. The van der Waals surface area contributed by atoms with Crippen molar-refractivity contribution in [3.8, 4) is 0 Å². The first-order chi connectivity index (χ1) is 6.29. The molecule has 0 saturated heterocycles. The highest BCUT2D eigenvalue weighted by Crippen LogP contribution is 2.21. The van der Waals surface area contributed by atoms with Crippen LogP contribution in [0, 0.1) is 0 Å². The van der Waals surface area contributed by atoms with Crippen LogP contribution in [0.2, 0.25) is 0 Å². The third-order valence-electron chi connectivity index (χ3n) is 2.45. The maximum atomic E-state index is 9.50. The Hall–Kier alpha value is -0.930. The van der Waals surface area contributed by atoms with Crippen LogP contribution in [-0.2, 0) is 13.0 Å². The lowest BCUT2D eigenvalue weighted by molar-refractivity contribution is 0.192. The molecule has 1 aromatic rings. The van der Waals surface area contributed by atoms with Crippen LogP contribution in [0.5, 0.6) is 0 Å². The van der Waals surface area contributed by atoms with Crippen LogP contribution in [0.15, 0.2) is 12.3 Å². The third-order valence-corrected chi connectivity index (χ3v) is 2.45. The third kappa shape index (κ3) is 1.57. The molecular formula is C10H14N2O. The minimum absolute atomic E-state index is 0.451. The first kappa shape index (κ1) is 8.66. The number of hydrogen-bond acceptors (Lipinski definition) is 3. The molecule has 0 aromatic carbocycles. The summed E-state index contributed by atoms with van der Waals surface area (Å²) in [6.45, 7) is 3.65. The lowest BCUT2D eigenvalue weighted by atomic mass is 9.98. The van der Waals surface area contributed by atoms with Gasteiger partial charge >= 0.3 is 0 Å². The van der Waals surface area contributed by atoms with Crippen molar-refractivity contribution in [3.05, 3.63) is 29.1 Å². The largest absolute Gasteiger partial charge is 0.387 e. The highest BCUT2D eigenvalue weighted by Gasteiger charge is 2.15. The van der Waals surface area contributed by atoms with Crippen molar-refractivity contribution in [1.29, 1.82) is 0 Å². The van der Waals surface area contributed by atoms with E-state index >= 15 is 0 Å². The molecule has 0 bridgehead atoms. The molecule has 1 aromatic heterocycles. The van der Waals surface area contributed by atoms with E-state index in [2.05, 4.69) is 10.3 Å². The van der Waals surface area contributed by atoms with E-state index in [1.54, 1.807) is 13.1 Å². The molecule has 0 amide bonds. The van der Waals surface area contributed by atoms with E-state index in [1.165, 1.54) is 11.1 Å². The lowest BCUT2D eigenvalue weighted by Crippen LogP contribution is -2.25. The van der Waals surface area contributed by atoms with Gasteiger partial charge < -0.3 is 10.4 Å². The average molecular weight is 178 g/mol. The van der Waals surface area contributed by atoms with E-state index < -0.39 is 6.10 Å². The molecule has 1 aliphatic rings. The van der Waals surface area contributed by atoms with Crippen molar-refractivity contribution in [1.82, 2.24) is 10.3 Å². The molecule has 0 fully saturated rings. The Bertz CT molecular complexity index is 310. The zero-order valence-corrected chi connectivity index (χ0v) is 7.75. The van der Waals surface area contributed by atoms with Gasteiger partial charge in [-0.15, -0.1) is 0 Å². The maximum Gasteiger partial charge on any atom is 0.0934 e. The van der Waals surface area contributed by atoms with Crippen molar-refractivity contribution in [3.63, 3.8) is 0 Å². The second kappa shape index (κ2) is 3.44. The fourth-order valence-electron chi connectivity index (χ4n) is 1.80. The van der Waals surface area contributed by atoms with Crippen molar-refractivity contribution in [2.45, 2.75) is 26.0 Å². The van der Waals surface area contributed by atoms with Crippen molar-refractivity contribution in [2.75, 3.05) is 6.54 Å². The number of pyridine rings is 1. The van der Waals surface area contributed by atoms with Gasteiger partial charge in [-0.2, -0.15) is 0 Å². The normalized spacial score (nSPS) is 18.0. The van der Waals surface area contributed by atoms with E-state index in [1.807, 2.05) is 6.07 Å². The summed E-state index contributed by atoms with van der Waals surface area (Å²) in [5.41, 5.74) is 3.35. The molecule has 2 heterocycles. The zero-order chi connectivity index (χ0) is 9.26. The fraction of sp³-hybridized carbons (Fsp3) is 0.500. The van der Waals surface area contributed by atoms with Crippen LogP contribution in [0.25, 0.3) is 0 Å². The number of aliphatic hydroxyl groups is 1. The minimum Gasteiger partial charge on any atom is -0.387 e. The Morgan fingerprint density at radius 2 is 2.46 bits per heavy atom. The Morgan fingerprint density at radius 3 is 3.23 bits per heavy atom. The Kier molecular flexibility index (Phi) is 2.29. The Balaban J connectivity index is 2.46. The molecule has 13 heavy (non-hydrogen) atoms. The molecule has 1 aliphatic heterocycles. The standard InChI is InChI=1S/C10H14N2O/c1-7(13)10-9-3-4-11-6-8(9)2-5-12-10/h2,5,7,11,13H,3-4,6H2,1H3. The highest BCUT2D eigenvalue weighted by molar-refractivity contribution is 5.33. The molecule has 2 rings (SSSR count). The summed E-state index contributed by atoms with van der Waals surface area (Å²) < 4.78 is 0. The first-order valence-electron chi connectivity index (χ1n) is 4.64. The number of rotatable bonds is 1. The van der Waals surface area contributed by atoms with Gasteiger partial charge in [0.05, 0.1) is 11.8 Å². The number of nitrogens with zero attached hydrogens (tertiary/aromatic N) is 1. The van der Waals surface area contributed by atoms with Crippen LogP contribution < -0.4 is 5.32 Å². The summed E-state index contributed by atoms with van der Waals surface area (Å²) in [6.07, 6.45) is 2.30. The zero-order valence-electron chi connectivity index (χ0n) is 7.75. The van der Waals surface area contributed by atoms with E-state index in [4.69, 9.17) is 0 Å². The van der Waals surface area contributed by atoms with E-state index in [9.17, 15) is 5.11 Å². The monoisotopic (exact) mass is 178 g/mol. The summed E-state index contributed by atoms with van der Waals surface area (Å²) >= 11 is 0. The van der Waals surface area contributed by atoms with Gasteiger partial charge in [0.1, 0.15) is 0 Å². The van der Waals surface area contributed by atoms with Gasteiger partial charge in [-0.05, 0) is 37.1 Å². The SMILES string of the molecule is CC(O)c1nccc2c1CCNC2. The Morgan fingerprint density at radius 1 is 1.62 bits per heavy atom. The number of nitrogens with one attached hydrogen (secondary N) is 1. The number of aromatic nitrogens is 1. The topological polar surface area (TPSA) is 45.2 Å². The van der Waals surface area contributed by atoms with Gasteiger partial charge in [0.15, 0.2) is 0 Å². The predicted octanol–water partition coefficient (Wildman–Crippen LogP) is 0.781. The van der Waals surface area contributed by atoms with Gasteiger partial charge in [0.2, 0.25) is 0 Å². The molecule has 0 spiro atoms. The second-order valence-electron chi connectivity index (χ2n) is 3.44. The predicted molar refractivity (Wildman–Crippen MR) is 50.3 cm³/mol. The Labute approximate surface area is 77.8 Å². The van der Waals surface area contributed by atoms with Crippen molar-refractivity contribution >= 4 is 0 Å². The van der Waals surface area contributed by atoms with Gasteiger partial charge in [-0.25, -0.2) is 0 Å². The summed E-state index contributed by atoms with van der Waals surface area (Å²) in [5, 5.41) is 12.8. The highest BCUT2D eigenvalue weighted by atomic mass is 16.3. The van der Waals surface area contributed by atoms with E-state index in [0.29, 0.717) is 0 Å². The molecule has 3 heteroatoms. The number of fused-ring (bicyclic) bond motifs is 1. The first-order valence-corrected chi connectivity index (χ1v) is 4.64. The molecule has 0 saturated carbocycles. The van der Waals surface area contributed by atoms with Crippen LogP contribution in [0.4, 0.5) is 0 Å². The van der Waals surface area contributed by atoms with Crippen LogP contribution in [0.1, 0.15) is 29.8 Å². The molecule has 70 valence electrons. The molecule has 0 radical (unpaired) electrons. The van der Waals surface area contributed by atoms with Gasteiger partial charge in [-0.1, -0.05) is 0 Å². The molecule has 1 atom stereocenters. The molecule has 2 N–H and O–H groups in total. The summed E-state index contributed by atoms with van der Waals surface area (Å²) in [6, 6.07) is 2.02. The average Bonchev–Trinajstić information content (AvgIpc) is 2.17. The van der Waals surface area contributed by atoms with Gasteiger partial charge in [0.25, 0.3) is 0 Å². The smallest absolute Gasteiger partial charge is 0.0934 e. The second-order valence-corrected chi connectivity index (χ2v) is 3.44. The quantitative estimate of drug-likeness (QED) is 0.668. The molecule has 3 nitrogen and oxygen atoms in total. The van der Waals surface area contributed by atoms with Crippen LogP contribution in [-0.4, -0.2) is 16.6 Å². The summed E-state index contributed by atoms with van der Waals surface area (Å²) in [4.78, 5) is 4.21. The van der Waals surface area contributed by atoms with E-state index in [0.717, 1.165) is 25.2 Å². The summed E-state index contributed by atoms with van der Waals surface area (Å²) in [7, 11) is 0. The molecule has 1 unspecified atom stereocenters. The van der Waals surface area contributed by atoms with Gasteiger partial charge in [-0.3, -0.25) is 4.98 Å². The van der Waals surface area contributed by atoms with E-state index in [-0.39, 0.29) is 0 Å².